The van der Waals surface area contributed by atoms with Crippen LogP contribution >= 0.6 is 11.3 Å². The first-order valence-corrected chi connectivity index (χ1v) is 10.3. The number of fused-ring (bicyclic) bond motifs is 2. The Kier molecular flexibility index (Phi) is 4.11. The predicted molar refractivity (Wildman–Crippen MR) is 114 cm³/mol. The molecule has 2 aromatic carbocycles. The van der Waals surface area contributed by atoms with Gasteiger partial charge >= 0.3 is 0 Å². The van der Waals surface area contributed by atoms with Crippen LogP contribution in [-0.4, -0.2) is 10.9 Å². The Balaban J connectivity index is 1.85. The second kappa shape index (κ2) is 6.60. The van der Waals surface area contributed by atoms with Gasteiger partial charge in [0.05, 0.1) is 16.6 Å². The molecule has 0 N–H and O–H groups in total. The van der Waals surface area contributed by atoms with E-state index in [9.17, 15) is 14.0 Å². The summed E-state index contributed by atoms with van der Waals surface area (Å²) in [4.78, 5) is 33.7. The van der Waals surface area contributed by atoms with Crippen molar-refractivity contribution in [2.24, 2.45) is 0 Å². The quantitative estimate of drug-likeness (QED) is 0.455. The Hall–Kier alpha value is -3.32. The lowest BCUT2D eigenvalue weighted by Gasteiger charge is -2.22. The van der Waals surface area contributed by atoms with E-state index in [4.69, 9.17) is 4.42 Å². The molecular formula is C23H17FN2O3S. The fourth-order valence-electron chi connectivity index (χ4n) is 3.83. The number of rotatable bonds is 2. The molecule has 150 valence electrons. The molecule has 5 nitrogen and oxygen atoms in total. The molecule has 1 atom stereocenters. The lowest BCUT2D eigenvalue weighted by molar-refractivity contribution is 0.0970. The summed E-state index contributed by atoms with van der Waals surface area (Å²) in [6.45, 7) is 5.63. The maximum Gasteiger partial charge on any atom is 0.297 e. The summed E-state index contributed by atoms with van der Waals surface area (Å²) >= 11 is 1.33. The number of carbonyl (C=O) groups excluding carboxylic acids is 1. The van der Waals surface area contributed by atoms with Crippen molar-refractivity contribution >= 4 is 33.3 Å². The zero-order valence-electron chi connectivity index (χ0n) is 16.5. The molecule has 0 bridgehead atoms. The number of hydrogen-bond donors (Lipinski definition) is 0. The SMILES string of the molecule is Cc1ccc2oc3c(c(=O)c2c1)[C@H](c1ccccc1F)N(c1nc(C)c(C)s1)C3=O. The molecule has 1 amide bonds. The van der Waals surface area contributed by atoms with Crippen LogP contribution in [0.15, 0.2) is 51.7 Å². The van der Waals surface area contributed by atoms with Crippen molar-refractivity contribution in [3.05, 3.63) is 91.5 Å². The van der Waals surface area contributed by atoms with Gasteiger partial charge in [0, 0.05) is 10.4 Å². The number of aryl methyl sites for hydroxylation is 3. The number of hydrogen-bond acceptors (Lipinski definition) is 5. The molecule has 4 aromatic rings. The second-order valence-electron chi connectivity index (χ2n) is 7.41. The first kappa shape index (κ1) is 18.7. The van der Waals surface area contributed by atoms with E-state index in [0.29, 0.717) is 16.1 Å². The molecule has 0 radical (unpaired) electrons. The molecular weight excluding hydrogens is 403 g/mol. The van der Waals surface area contributed by atoms with E-state index in [1.165, 1.54) is 22.3 Å². The predicted octanol–water partition coefficient (Wildman–Crippen LogP) is 5.06. The smallest absolute Gasteiger partial charge is 0.297 e. The van der Waals surface area contributed by atoms with Gasteiger partial charge in [0.2, 0.25) is 5.76 Å². The third-order valence-corrected chi connectivity index (χ3v) is 6.52. The number of amides is 1. The largest absolute Gasteiger partial charge is 0.450 e. The lowest BCUT2D eigenvalue weighted by atomic mass is 9.98. The Bertz CT molecular complexity index is 1390. The molecule has 0 aliphatic carbocycles. The van der Waals surface area contributed by atoms with Gasteiger partial charge in [-0.3, -0.25) is 14.5 Å². The van der Waals surface area contributed by atoms with E-state index < -0.39 is 17.8 Å². The van der Waals surface area contributed by atoms with Crippen LogP contribution < -0.4 is 10.3 Å². The summed E-state index contributed by atoms with van der Waals surface area (Å²) in [5, 5.41) is 0.783. The third-order valence-electron chi connectivity index (χ3n) is 5.45. The van der Waals surface area contributed by atoms with Gasteiger partial charge in [-0.15, -0.1) is 11.3 Å². The van der Waals surface area contributed by atoms with E-state index in [1.807, 2.05) is 26.8 Å². The minimum atomic E-state index is -0.945. The number of halogens is 1. The Morgan fingerprint density at radius 1 is 1.10 bits per heavy atom. The van der Waals surface area contributed by atoms with Crippen molar-refractivity contribution in [2.45, 2.75) is 26.8 Å². The third kappa shape index (κ3) is 2.62. The molecule has 0 saturated carbocycles. The molecule has 1 aliphatic rings. The van der Waals surface area contributed by atoms with Crippen molar-refractivity contribution in [1.82, 2.24) is 4.98 Å². The minimum Gasteiger partial charge on any atom is -0.450 e. The van der Waals surface area contributed by atoms with E-state index in [1.54, 1.807) is 30.3 Å². The monoisotopic (exact) mass is 420 g/mol. The summed E-state index contributed by atoms with van der Waals surface area (Å²) in [7, 11) is 0. The highest BCUT2D eigenvalue weighted by atomic mass is 32.1. The van der Waals surface area contributed by atoms with E-state index in [0.717, 1.165) is 16.1 Å². The molecule has 5 rings (SSSR count). The van der Waals surface area contributed by atoms with Crippen molar-refractivity contribution < 1.29 is 13.6 Å². The van der Waals surface area contributed by atoms with Gasteiger partial charge in [0.1, 0.15) is 17.4 Å². The molecule has 0 saturated heterocycles. The van der Waals surface area contributed by atoms with Gasteiger partial charge in [-0.1, -0.05) is 29.8 Å². The number of carbonyl (C=O) groups is 1. The van der Waals surface area contributed by atoms with Crippen LogP contribution in [0.1, 0.15) is 43.9 Å². The van der Waals surface area contributed by atoms with Crippen molar-refractivity contribution in [3.8, 4) is 0 Å². The summed E-state index contributed by atoms with van der Waals surface area (Å²) in [5.74, 6) is -1.05. The highest BCUT2D eigenvalue weighted by molar-refractivity contribution is 7.15. The van der Waals surface area contributed by atoms with Crippen LogP contribution in [0.25, 0.3) is 11.0 Å². The van der Waals surface area contributed by atoms with Crippen LogP contribution in [0, 0.1) is 26.6 Å². The van der Waals surface area contributed by atoms with Gasteiger partial charge < -0.3 is 4.42 Å². The highest BCUT2D eigenvalue weighted by Gasteiger charge is 2.45. The summed E-state index contributed by atoms with van der Waals surface area (Å²) in [5.41, 5.74) is 2.06. The van der Waals surface area contributed by atoms with Crippen molar-refractivity contribution in [2.75, 3.05) is 4.90 Å². The van der Waals surface area contributed by atoms with Gasteiger partial charge in [-0.25, -0.2) is 9.37 Å². The molecule has 0 spiro atoms. The first-order chi connectivity index (χ1) is 14.4. The molecule has 7 heteroatoms. The molecule has 0 fully saturated rings. The first-order valence-electron chi connectivity index (χ1n) is 9.46. The topological polar surface area (TPSA) is 63.4 Å². The number of nitrogens with zero attached hydrogens (tertiary/aromatic N) is 2. The maximum atomic E-state index is 14.9. The summed E-state index contributed by atoms with van der Waals surface area (Å²) in [6, 6.07) is 10.4. The Morgan fingerprint density at radius 2 is 1.87 bits per heavy atom. The number of anilines is 1. The van der Waals surface area contributed by atoms with Crippen LogP contribution in [0.5, 0.6) is 0 Å². The Morgan fingerprint density at radius 3 is 2.57 bits per heavy atom. The summed E-state index contributed by atoms with van der Waals surface area (Å²) < 4.78 is 20.8. The standard InChI is InChI=1S/C23H17FN2O3S/c1-11-8-9-17-15(10-11)20(27)18-19(14-6-4-5-7-16(14)24)26(22(28)21(18)29-17)23-25-12(2)13(3)30-23/h4-10,19H,1-3H3/t19-/m0/s1. The normalized spacial score (nSPS) is 15.8. The van der Waals surface area contributed by atoms with E-state index in [-0.39, 0.29) is 22.3 Å². The molecule has 30 heavy (non-hydrogen) atoms. The van der Waals surface area contributed by atoms with Gasteiger partial charge in [0.25, 0.3) is 5.91 Å². The fourth-order valence-corrected chi connectivity index (χ4v) is 4.77. The van der Waals surface area contributed by atoms with Crippen LogP contribution in [0.4, 0.5) is 9.52 Å². The molecule has 0 unspecified atom stereocenters. The fraction of sp³-hybridized carbons (Fsp3) is 0.174. The van der Waals surface area contributed by atoms with E-state index >= 15 is 0 Å². The van der Waals surface area contributed by atoms with Crippen LogP contribution in [0.3, 0.4) is 0 Å². The van der Waals surface area contributed by atoms with Crippen LogP contribution in [0.2, 0.25) is 0 Å². The Labute approximate surface area is 175 Å². The summed E-state index contributed by atoms with van der Waals surface area (Å²) in [6.07, 6.45) is 0. The van der Waals surface area contributed by atoms with Gasteiger partial charge in [0.15, 0.2) is 10.6 Å². The van der Waals surface area contributed by atoms with Gasteiger partial charge in [-0.05, 0) is 39.0 Å². The minimum absolute atomic E-state index is 0.0601. The number of thiazole rings is 1. The highest BCUT2D eigenvalue weighted by Crippen LogP contribution is 2.43. The van der Waals surface area contributed by atoms with Gasteiger partial charge in [-0.2, -0.15) is 0 Å². The van der Waals surface area contributed by atoms with Crippen molar-refractivity contribution in [1.29, 1.82) is 0 Å². The number of benzene rings is 2. The molecule has 2 aromatic heterocycles. The molecule has 1 aliphatic heterocycles. The average molecular weight is 420 g/mol. The second-order valence-corrected chi connectivity index (χ2v) is 8.59. The van der Waals surface area contributed by atoms with Crippen molar-refractivity contribution in [3.63, 3.8) is 0 Å². The lowest BCUT2D eigenvalue weighted by Crippen LogP contribution is -2.30. The molecule has 3 heterocycles. The zero-order chi connectivity index (χ0) is 21.2. The average Bonchev–Trinajstić information content (AvgIpc) is 3.19. The zero-order valence-corrected chi connectivity index (χ0v) is 17.3. The maximum absolute atomic E-state index is 14.9. The van der Waals surface area contributed by atoms with Crippen LogP contribution in [-0.2, 0) is 0 Å². The number of aromatic nitrogens is 1. The van der Waals surface area contributed by atoms with E-state index in [2.05, 4.69) is 4.98 Å².